The van der Waals surface area contributed by atoms with Crippen LogP contribution in [-0.2, 0) is 0 Å². The van der Waals surface area contributed by atoms with Crippen molar-refractivity contribution in [2.45, 2.75) is 6.92 Å². The van der Waals surface area contributed by atoms with Gasteiger partial charge in [-0.15, -0.1) is 0 Å². The lowest BCUT2D eigenvalue weighted by Crippen LogP contribution is -2.00. The first-order chi connectivity index (χ1) is 22.2. The van der Waals surface area contributed by atoms with Crippen LogP contribution in [-0.4, -0.2) is 15.0 Å². The molecule has 9 rings (SSSR count). The second kappa shape index (κ2) is 10.00. The Balaban J connectivity index is 1.22. The Bertz CT molecular complexity index is 2550. The zero-order valence-electron chi connectivity index (χ0n) is 24.4. The highest BCUT2D eigenvalue weighted by molar-refractivity contribution is 6.13. The number of hydrogen-bond acceptors (Lipinski definition) is 5. The standard InChI is InChI=1S/C40H25N3O2/c1-24-10-8-16-31-30-20-18-27(22-34(30)45-37(24)31)39-41-38(26-13-6-3-7-14-26)42-40(43-39)28-19-21-32-35(23-28)44-33-17-9-15-29(36(32)33)25-11-4-2-5-12-25/h2-23H,1H3. The molecule has 0 saturated carbocycles. The zero-order chi connectivity index (χ0) is 29.9. The molecule has 0 radical (unpaired) electrons. The number of para-hydroxylation sites is 1. The van der Waals surface area contributed by atoms with E-state index in [2.05, 4.69) is 79.7 Å². The second-order valence-corrected chi connectivity index (χ2v) is 11.3. The highest BCUT2D eigenvalue weighted by atomic mass is 16.3. The summed E-state index contributed by atoms with van der Waals surface area (Å²) in [7, 11) is 0. The molecule has 0 aliphatic heterocycles. The van der Waals surface area contributed by atoms with E-state index in [-0.39, 0.29) is 0 Å². The number of rotatable bonds is 4. The number of benzene rings is 6. The summed E-state index contributed by atoms with van der Waals surface area (Å²) in [4.78, 5) is 14.9. The summed E-state index contributed by atoms with van der Waals surface area (Å²) in [5.74, 6) is 1.76. The van der Waals surface area contributed by atoms with Gasteiger partial charge in [-0.2, -0.15) is 0 Å². The summed E-state index contributed by atoms with van der Waals surface area (Å²) in [6.45, 7) is 2.07. The van der Waals surface area contributed by atoms with E-state index in [0.29, 0.717) is 17.5 Å². The van der Waals surface area contributed by atoms with Gasteiger partial charge in [-0.3, -0.25) is 0 Å². The molecule has 0 aliphatic carbocycles. The molecular weight excluding hydrogens is 554 g/mol. The summed E-state index contributed by atoms with van der Waals surface area (Å²) in [6, 6.07) is 45.2. The van der Waals surface area contributed by atoms with Crippen molar-refractivity contribution in [2.75, 3.05) is 0 Å². The van der Waals surface area contributed by atoms with Gasteiger partial charge in [-0.1, -0.05) is 103 Å². The van der Waals surface area contributed by atoms with E-state index in [1.165, 1.54) is 0 Å². The Morgan fingerprint density at radius 2 is 1.02 bits per heavy atom. The monoisotopic (exact) mass is 579 g/mol. The minimum Gasteiger partial charge on any atom is -0.456 e. The van der Waals surface area contributed by atoms with Gasteiger partial charge in [0, 0.05) is 38.2 Å². The van der Waals surface area contributed by atoms with E-state index >= 15 is 0 Å². The topological polar surface area (TPSA) is 65.0 Å². The van der Waals surface area contributed by atoms with Gasteiger partial charge < -0.3 is 8.83 Å². The lowest BCUT2D eigenvalue weighted by atomic mass is 9.99. The lowest BCUT2D eigenvalue weighted by molar-refractivity contribution is 0.666. The van der Waals surface area contributed by atoms with E-state index in [4.69, 9.17) is 23.8 Å². The van der Waals surface area contributed by atoms with Crippen LogP contribution < -0.4 is 0 Å². The van der Waals surface area contributed by atoms with Crippen LogP contribution >= 0.6 is 0 Å². The Hall–Kier alpha value is -6.07. The molecule has 0 spiro atoms. The van der Waals surface area contributed by atoms with Crippen LogP contribution in [0.15, 0.2) is 142 Å². The Kier molecular flexibility index (Phi) is 5.65. The average molecular weight is 580 g/mol. The van der Waals surface area contributed by atoms with E-state index in [1.807, 2.05) is 60.7 Å². The third kappa shape index (κ3) is 4.20. The minimum atomic E-state index is 0.574. The highest BCUT2D eigenvalue weighted by Crippen LogP contribution is 2.38. The molecule has 0 fully saturated rings. The molecule has 6 aromatic carbocycles. The number of furan rings is 2. The van der Waals surface area contributed by atoms with Crippen LogP contribution in [0.4, 0.5) is 0 Å². The smallest absolute Gasteiger partial charge is 0.164 e. The first-order valence-electron chi connectivity index (χ1n) is 14.9. The maximum Gasteiger partial charge on any atom is 0.164 e. The molecule has 0 saturated heterocycles. The Morgan fingerprint density at radius 1 is 0.422 bits per heavy atom. The van der Waals surface area contributed by atoms with E-state index in [9.17, 15) is 0 Å². The highest BCUT2D eigenvalue weighted by Gasteiger charge is 2.17. The second-order valence-electron chi connectivity index (χ2n) is 11.3. The normalized spacial score (nSPS) is 11.7. The number of fused-ring (bicyclic) bond motifs is 6. The van der Waals surface area contributed by atoms with Crippen LogP contribution in [0.3, 0.4) is 0 Å². The van der Waals surface area contributed by atoms with Gasteiger partial charge in [0.15, 0.2) is 17.5 Å². The number of nitrogens with zero attached hydrogens (tertiary/aromatic N) is 3. The lowest BCUT2D eigenvalue weighted by Gasteiger charge is -2.08. The number of aromatic nitrogens is 3. The Morgan fingerprint density at radius 3 is 1.73 bits per heavy atom. The van der Waals surface area contributed by atoms with Gasteiger partial charge in [0.2, 0.25) is 0 Å². The minimum absolute atomic E-state index is 0.574. The van der Waals surface area contributed by atoms with Gasteiger partial charge in [-0.05, 0) is 53.9 Å². The maximum absolute atomic E-state index is 6.41. The summed E-state index contributed by atoms with van der Waals surface area (Å²) in [5.41, 5.74) is 9.37. The molecule has 0 aliphatic rings. The van der Waals surface area contributed by atoms with Crippen molar-refractivity contribution in [3.05, 3.63) is 139 Å². The van der Waals surface area contributed by atoms with Crippen molar-refractivity contribution in [2.24, 2.45) is 0 Å². The molecule has 45 heavy (non-hydrogen) atoms. The first-order valence-corrected chi connectivity index (χ1v) is 14.9. The molecule has 9 aromatic rings. The van der Waals surface area contributed by atoms with E-state index < -0.39 is 0 Å². The molecule has 3 heterocycles. The fourth-order valence-electron chi connectivity index (χ4n) is 6.25. The van der Waals surface area contributed by atoms with E-state index in [1.54, 1.807) is 0 Å². The molecule has 5 nitrogen and oxygen atoms in total. The van der Waals surface area contributed by atoms with Crippen LogP contribution in [0.5, 0.6) is 0 Å². The van der Waals surface area contributed by atoms with Crippen LogP contribution in [0.25, 0.3) is 89.2 Å². The molecular formula is C40H25N3O2. The van der Waals surface area contributed by atoms with Gasteiger partial charge in [0.1, 0.15) is 22.3 Å². The summed E-state index contributed by atoms with van der Waals surface area (Å²) >= 11 is 0. The molecule has 3 aromatic heterocycles. The molecule has 0 unspecified atom stereocenters. The van der Waals surface area contributed by atoms with E-state index in [0.717, 1.165) is 77.3 Å². The number of hydrogen-bond donors (Lipinski definition) is 0. The van der Waals surface area contributed by atoms with Crippen molar-refractivity contribution in [3.8, 4) is 45.3 Å². The zero-order valence-corrected chi connectivity index (χ0v) is 24.4. The third-order valence-corrected chi connectivity index (χ3v) is 8.46. The summed E-state index contributed by atoms with van der Waals surface area (Å²) in [5, 5.41) is 4.32. The van der Waals surface area contributed by atoms with Crippen molar-refractivity contribution in [3.63, 3.8) is 0 Å². The largest absolute Gasteiger partial charge is 0.456 e. The maximum atomic E-state index is 6.41. The molecule has 212 valence electrons. The summed E-state index contributed by atoms with van der Waals surface area (Å²) in [6.07, 6.45) is 0. The number of aryl methyl sites for hydroxylation is 1. The van der Waals surface area contributed by atoms with Crippen molar-refractivity contribution < 1.29 is 8.83 Å². The van der Waals surface area contributed by atoms with Crippen molar-refractivity contribution in [1.82, 2.24) is 15.0 Å². The molecule has 0 bridgehead atoms. The fraction of sp³-hybridized carbons (Fsp3) is 0.0250. The SMILES string of the molecule is Cc1cccc2c1oc1cc(-c3nc(-c4ccccc4)nc(-c4ccc5c(c4)oc4cccc(-c6ccccc6)c45)n3)ccc12. The quantitative estimate of drug-likeness (QED) is 0.207. The molecule has 0 atom stereocenters. The molecule has 0 N–H and O–H groups in total. The summed E-state index contributed by atoms with van der Waals surface area (Å²) < 4.78 is 12.7. The molecule has 0 amide bonds. The average Bonchev–Trinajstić information content (AvgIpc) is 3.67. The first kappa shape index (κ1) is 25.4. The van der Waals surface area contributed by atoms with Crippen molar-refractivity contribution >= 4 is 43.9 Å². The predicted molar refractivity (Wildman–Crippen MR) is 181 cm³/mol. The van der Waals surface area contributed by atoms with Crippen LogP contribution in [0.1, 0.15) is 5.56 Å². The van der Waals surface area contributed by atoms with Gasteiger partial charge in [-0.25, -0.2) is 15.0 Å². The predicted octanol–water partition coefficient (Wildman–Crippen LogP) is 10.6. The van der Waals surface area contributed by atoms with Gasteiger partial charge in [0.25, 0.3) is 0 Å². The van der Waals surface area contributed by atoms with Crippen molar-refractivity contribution in [1.29, 1.82) is 0 Å². The Labute approximate surface area is 258 Å². The van der Waals surface area contributed by atoms with Gasteiger partial charge in [0.05, 0.1) is 0 Å². The molecule has 5 heteroatoms. The van der Waals surface area contributed by atoms with Crippen LogP contribution in [0.2, 0.25) is 0 Å². The fourth-order valence-corrected chi connectivity index (χ4v) is 6.25. The van der Waals surface area contributed by atoms with Gasteiger partial charge >= 0.3 is 0 Å². The van der Waals surface area contributed by atoms with Crippen LogP contribution in [0, 0.1) is 6.92 Å². The third-order valence-electron chi connectivity index (χ3n) is 8.46.